The fourth-order valence-corrected chi connectivity index (χ4v) is 4.48. The number of benzene rings is 1. The van der Waals surface area contributed by atoms with Crippen LogP contribution < -0.4 is 5.56 Å². The maximum absolute atomic E-state index is 13.3. The van der Waals surface area contributed by atoms with Crippen molar-refractivity contribution in [3.05, 3.63) is 63.5 Å². The zero-order chi connectivity index (χ0) is 21.1. The Balaban J connectivity index is 1.78. The second kappa shape index (κ2) is 8.96. The Labute approximate surface area is 177 Å². The second-order valence-electron chi connectivity index (χ2n) is 8.15. The predicted octanol–water partition coefficient (Wildman–Crippen LogP) is 4.39. The molecule has 4 rings (SSSR count). The van der Waals surface area contributed by atoms with Gasteiger partial charge in [0, 0.05) is 36.5 Å². The van der Waals surface area contributed by atoms with Crippen molar-refractivity contribution in [2.75, 3.05) is 13.7 Å². The van der Waals surface area contributed by atoms with E-state index in [0.717, 1.165) is 47.7 Å². The predicted molar refractivity (Wildman–Crippen MR) is 121 cm³/mol. The lowest BCUT2D eigenvalue weighted by Crippen LogP contribution is -2.25. The lowest BCUT2D eigenvalue weighted by Gasteiger charge is -2.22. The van der Waals surface area contributed by atoms with Crippen molar-refractivity contribution in [2.24, 2.45) is 5.10 Å². The molecule has 1 saturated carbocycles. The largest absolute Gasteiger partial charge is 0.383 e. The molecule has 0 aliphatic heterocycles. The summed E-state index contributed by atoms with van der Waals surface area (Å²) in [6.07, 6.45) is 7.54. The van der Waals surface area contributed by atoms with Crippen LogP contribution >= 0.6 is 0 Å². The van der Waals surface area contributed by atoms with Gasteiger partial charge in [0.1, 0.15) is 5.82 Å². The van der Waals surface area contributed by atoms with E-state index in [1.807, 2.05) is 24.3 Å². The zero-order valence-corrected chi connectivity index (χ0v) is 18.1. The van der Waals surface area contributed by atoms with E-state index in [4.69, 9.17) is 9.72 Å². The van der Waals surface area contributed by atoms with Crippen LogP contribution in [0.3, 0.4) is 0 Å². The first-order valence-electron chi connectivity index (χ1n) is 10.8. The number of aryl methyl sites for hydroxylation is 1. The number of fused-ring (bicyclic) bond motifs is 1. The molecule has 1 aliphatic rings. The van der Waals surface area contributed by atoms with Crippen LogP contribution in [0.15, 0.2) is 40.2 Å². The van der Waals surface area contributed by atoms with Gasteiger partial charge in [-0.05, 0) is 44.9 Å². The maximum Gasteiger partial charge on any atom is 0.282 e. The van der Waals surface area contributed by atoms with E-state index in [1.165, 1.54) is 19.3 Å². The van der Waals surface area contributed by atoms with Crippen molar-refractivity contribution in [2.45, 2.75) is 58.4 Å². The molecule has 0 bridgehead atoms. The molecule has 1 aromatic carbocycles. The van der Waals surface area contributed by atoms with Crippen LogP contribution in [0, 0.1) is 13.8 Å². The molecule has 0 atom stereocenters. The first kappa shape index (κ1) is 20.5. The van der Waals surface area contributed by atoms with E-state index >= 15 is 0 Å². The Morgan fingerprint density at radius 2 is 1.97 bits per heavy atom. The third kappa shape index (κ3) is 3.97. The van der Waals surface area contributed by atoms with E-state index in [2.05, 4.69) is 29.6 Å². The van der Waals surface area contributed by atoms with Crippen LogP contribution in [0.25, 0.3) is 10.9 Å². The topological polar surface area (TPSA) is 61.4 Å². The number of nitrogens with zero attached hydrogens (tertiary/aromatic N) is 4. The number of hydrogen-bond acceptors (Lipinski definition) is 4. The van der Waals surface area contributed by atoms with E-state index in [-0.39, 0.29) is 11.5 Å². The average molecular weight is 407 g/mol. The number of aromatic nitrogens is 3. The van der Waals surface area contributed by atoms with E-state index in [0.29, 0.717) is 12.0 Å². The molecule has 3 aromatic rings. The highest BCUT2D eigenvalue weighted by Gasteiger charge is 2.22. The number of methoxy groups -OCH3 is 1. The van der Waals surface area contributed by atoms with Crippen molar-refractivity contribution in [3.63, 3.8) is 0 Å². The van der Waals surface area contributed by atoms with Gasteiger partial charge in [-0.2, -0.15) is 9.78 Å². The first-order valence-corrected chi connectivity index (χ1v) is 10.8. The molecule has 2 aromatic heterocycles. The van der Waals surface area contributed by atoms with Crippen LogP contribution in [0.1, 0.15) is 60.8 Å². The first-order chi connectivity index (χ1) is 14.6. The highest BCUT2D eigenvalue weighted by atomic mass is 16.5. The molecule has 1 aliphatic carbocycles. The fourth-order valence-electron chi connectivity index (χ4n) is 4.48. The molecule has 0 saturated heterocycles. The van der Waals surface area contributed by atoms with Crippen molar-refractivity contribution >= 4 is 17.1 Å². The van der Waals surface area contributed by atoms with Crippen LogP contribution in [0.5, 0.6) is 0 Å². The summed E-state index contributed by atoms with van der Waals surface area (Å²) in [5, 5.41) is 5.28. The van der Waals surface area contributed by atoms with E-state index < -0.39 is 0 Å². The molecular weight excluding hydrogens is 376 g/mol. The van der Waals surface area contributed by atoms with Crippen molar-refractivity contribution < 1.29 is 4.74 Å². The molecule has 0 amide bonds. The fraction of sp³-hybridized carbons (Fsp3) is 0.458. The van der Waals surface area contributed by atoms with Crippen LogP contribution in [0.4, 0.5) is 0 Å². The molecule has 0 unspecified atom stereocenters. The second-order valence-corrected chi connectivity index (χ2v) is 8.15. The smallest absolute Gasteiger partial charge is 0.282 e. The Morgan fingerprint density at radius 3 is 2.73 bits per heavy atom. The normalized spacial score (nSPS) is 15.4. The summed E-state index contributed by atoms with van der Waals surface area (Å²) in [6, 6.07) is 9.66. The molecule has 0 N–H and O–H groups in total. The van der Waals surface area contributed by atoms with Gasteiger partial charge in [0.15, 0.2) is 0 Å². The number of ether oxygens (including phenoxy) is 1. The minimum Gasteiger partial charge on any atom is -0.383 e. The van der Waals surface area contributed by atoms with Crippen molar-refractivity contribution in [1.29, 1.82) is 0 Å². The summed E-state index contributed by atoms with van der Waals surface area (Å²) in [4.78, 5) is 18.2. The zero-order valence-electron chi connectivity index (χ0n) is 18.1. The Hall–Kier alpha value is -2.73. The minimum atomic E-state index is -0.0920. The molecule has 6 heteroatoms. The van der Waals surface area contributed by atoms with Gasteiger partial charge in [0.05, 0.1) is 23.7 Å². The lowest BCUT2D eigenvalue weighted by atomic mass is 9.88. The maximum atomic E-state index is 13.3. The summed E-state index contributed by atoms with van der Waals surface area (Å²) in [7, 11) is 1.71. The lowest BCUT2D eigenvalue weighted by molar-refractivity contribution is 0.186. The SMILES string of the molecule is COCCn1c(C)cc(C=Nn2c(C3CCCCC3)nc3ccccc3c2=O)c1C. The van der Waals surface area contributed by atoms with E-state index in [9.17, 15) is 4.79 Å². The van der Waals surface area contributed by atoms with Gasteiger partial charge in [-0.15, -0.1) is 0 Å². The summed E-state index contributed by atoms with van der Waals surface area (Å²) in [5.74, 6) is 1.07. The average Bonchev–Trinajstić information content (AvgIpc) is 3.04. The van der Waals surface area contributed by atoms with Gasteiger partial charge in [0.25, 0.3) is 5.56 Å². The monoisotopic (exact) mass is 406 g/mol. The van der Waals surface area contributed by atoms with Gasteiger partial charge in [-0.25, -0.2) is 4.98 Å². The molecule has 0 spiro atoms. The standard InChI is InChI=1S/C24H30N4O2/c1-17-15-20(18(2)27(17)13-14-30-3)16-25-28-23(19-9-5-4-6-10-19)26-22-12-8-7-11-21(22)24(28)29/h7-8,11-12,15-16,19H,4-6,9-10,13-14H2,1-3H3. The summed E-state index contributed by atoms with van der Waals surface area (Å²) >= 11 is 0. The van der Waals surface area contributed by atoms with Crippen molar-refractivity contribution in [3.8, 4) is 0 Å². The number of para-hydroxylation sites is 1. The van der Waals surface area contributed by atoms with Gasteiger partial charge in [-0.3, -0.25) is 4.79 Å². The van der Waals surface area contributed by atoms with Gasteiger partial charge in [0.2, 0.25) is 0 Å². The molecule has 1 fully saturated rings. The summed E-state index contributed by atoms with van der Waals surface area (Å²) < 4.78 is 8.98. The number of hydrogen-bond donors (Lipinski definition) is 0. The highest BCUT2D eigenvalue weighted by Crippen LogP contribution is 2.31. The van der Waals surface area contributed by atoms with Crippen LogP contribution in [0.2, 0.25) is 0 Å². The molecule has 6 nitrogen and oxygen atoms in total. The molecule has 158 valence electrons. The van der Waals surface area contributed by atoms with Gasteiger partial charge < -0.3 is 9.30 Å². The Kier molecular flexibility index (Phi) is 6.13. The minimum absolute atomic E-state index is 0.0920. The Bertz CT molecular complexity index is 1120. The number of rotatable bonds is 6. The highest BCUT2D eigenvalue weighted by molar-refractivity contribution is 5.82. The van der Waals surface area contributed by atoms with Crippen molar-refractivity contribution in [1.82, 2.24) is 14.2 Å². The molecule has 0 radical (unpaired) electrons. The third-order valence-corrected chi connectivity index (χ3v) is 6.19. The van der Waals surface area contributed by atoms with E-state index in [1.54, 1.807) is 18.0 Å². The van der Waals surface area contributed by atoms with Gasteiger partial charge >= 0.3 is 0 Å². The summed E-state index contributed by atoms with van der Waals surface area (Å²) in [6.45, 7) is 5.62. The third-order valence-electron chi connectivity index (χ3n) is 6.19. The van der Waals surface area contributed by atoms with Crippen LogP contribution in [-0.4, -0.2) is 34.2 Å². The molecule has 30 heavy (non-hydrogen) atoms. The summed E-state index contributed by atoms with van der Waals surface area (Å²) in [5.41, 5.74) is 3.95. The van der Waals surface area contributed by atoms with Crippen LogP contribution in [-0.2, 0) is 11.3 Å². The quantitative estimate of drug-likeness (QED) is 0.570. The molecule has 2 heterocycles. The Morgan fingerprint density at radius 1 is 1.20 bits per heavy atom. The van der Waals surface area contributed by atoms with Gasteiger partial charge in [-0.1, -0.05) is 31.4 Å². The molecular formula is C24H30N4O2.